The molecule has 4 aromatic rings. The number of nitrogens with zero attached hydrogens (tertiary/aromatic N) is 2. The van der Waals surface area contributed by atoms with Gasteiger partial charge in [-0.1, -0.05) is 37.3 Å². The highest BCUT2D eigenvalue weighted by molar-refractivity contribution is 5.94. The number of ether oxygens (including phenoxy) is 2. The molecule has 0 unspecified atom stereocenters. The number of nitrogens with one attached hydrogen (secondary N) is 2. The van der Waals surface area contributed by atoms with Crippen molar-refractivity contribution < 1.29 is 47.9 Å². The Bertz CT molecular complexity index is 2120. The minimum atomic E-state index is -4.68. The molecule has 3 aliphatic carbocycles. The number of aliphatic hydroxyl groups excluding tert-OH is 2. The minimum absolute atomic E-state index is 0.0831. The molecule has 1 saturated heterocycles. The number of aliphatic hydroxyl groups is 3. The summed E-state index contributed by atoms with van der Waals surface area (Å²) in [4.78, 5) is 20.1. The normalized spacial score (nSPS) is 30.1. The number of benzene rings is 3. The second-order valence-electron chi connectivity index (χ2n) is 17.0. The molecule has 2 saturated carbocycles. The zero-order chi connectivity index (χ0) is 41.5. The standard InChI is InChI=1S/C45H51F3N4O7/c1-43-18-15-33-32-14-10-30(53)21-29(32)9-13-34(33)35(43)16-19-44(43,57)17-2-20-50-42(56)28-5-3-26(4-6-28)27-7-11-31(12-8-27)58-25-37-41(55)40(54)36(24-59-37)51-39-23-49-22-38(52-39)45(46,47)48/h3-8,10-12,14,21-23,33-37,40-41,53-55,57H,2,9,13,15-20,24-25H2,1H3,(H,50,56)(H,51,52)/t33-,34-,35+,36+,37-,40-,41+,43+,44+/m1/s1. The first-order valence-electron chi connectivity index (χ1n) is 20.5. The van der Waals surface area contributed by atoms with Crippen LogP contribution in [0.15, 0.2) is 79.1 Å². The van der Waals surface area contributed by atoms with Crippen molar-refractivity contribution in [2.24, 2.45) is 17.3 Å². The number of aromatic hydroxyl groups is 1. The summed E-state index contributed by atoms with van der Waals surface area (Å²) in [6.07, 6.45) is 0.604. The molecule has 14 heteroatoms. The van der Waals surface area contributed by atoms with Crippen LogP contribution in [0.4, 0.5) is 19.0 Å². The number of aromatic nitrogens is 2. The van der Waals surface area contributed by atoms with Crippen molar-refractivity contribution >= 4 is 11.7 Å². The third kappa shape index (κ3) is 8.24. The second kappa shape index (κ2) is 16.4. The fraction of sp³-hybridized carbons (Fsp3) is 0.489. The van der Waals surface area contributed by atoms with Crippen molar-refractivity contribution in [2.75, 3.05) is 25.1 Å². The average molecular weight is 817 g/mol. The van der Waals surface area contributed by atoms with Crippen LogP contribution in [0.25, 0.3) is 11.1 Å². The van der Waals surface area contributed by atoms with Gasteiger partial charge in [0, 0.05) is 12.1 Å². The molecule has 59 heavy (non-hydrogen) atoms. The number of carbonyl (C=O) groups excluding carboxylic acids is 1. The first-order chi connectivity index (χ1) is 28.2. The van der Waals surface area contributed by atoms with Gasteiger partial charge in [0.1, 0.15) is 42.2 Å². The summed E-state index contributed by atoms with van der Waals surface area (Å²) < 4.78 is 50.5. The molecule has 11 nitrogen and oxygen atoms in total. The van der Waals surface area contributed by atoms with Gasteiger partial charge in [0.2, 0.25) is 0 Å². The zero-order valence-corrected chi connectivity index (χ0v) is 32.9. The summed E-state index contributed by atoms with van der Waals surface area (Å²) in [6.45, 7) is 2.57. The Morgan fingerprint density at radius 3 is 2.46 bits per heavy atom. The minimum Gasteiger partial charge on any atom is -0.508 e. The van der Waals surface area contributed by atoms with Gasteiger partial charge in [-0.05, 0) is 133 Å². The van der Waals surface area contributed by atoms with E-state index < -0.39 is 41.8 Å². The number of rotatable bonds is 11. The highest BCUT2D eigenvalue weighted by Gasteiger charge is 2.61. The Labute approximate surface area is 341 Å². The Morgan fingerprint density at radius 1 is 0.966 bits per heavy atom. The van der Waals surface area contributed by atoms with Crippen LogP contribution in [-0.2, 0) is 17.3 Å². The van der Waals surface area contributed by atoms with Crippen LogP contribution in [0, 0.1) is 17.3 Å². The van der Waals surface area contributed by atoms with E-state index in [4.69, 9.17) is 9.47 Å². The number of fused-ring (bicyclic) bond motifs is 5. The lowest BCUT2D eigenvalue weighted by atomic mass is 9.53. The van der Waals surface area contributed by atoms with Crippen molar-refractivity contribution in [1.29, 1.82) is 0 Å². The van der Waals surface area contributed by atoms with Crippen LogP contribution < -0.4 is 15.4 Å². The summed E-state index contributed by atoms with van der Waals surface area (Å²) in [6, 6.07) is 19.5. The molecule has 6 N–H and O–H groups in total. The third-order valence-electron chi connectivity index (χ3n) is 13.7. The van der Waals surface area contributed by atoms with Crippen molar-refractivity contribution in [2.45, 2.75) is 100 Å². The number of hydrogen-bond donors (Lipinski definition) is 6. The van der Waals surface area contributed by atoms with E-state index in [0.29, 0.717) is 60.4 Å². The van der Waals surface area contributed by atoms with E-state index in [1.807, 2.05) is 36.4 Å². The van der Waals surface area contributed by atoms with E-state index in [9.17, 15) is 38.4 Å². The predicted molar refractivity (Wildman–Crippen MR) is 213 cm³/mol. The molecule has 1 aromatic heterocycles. The molecule has 314 valence electrons. The van der Waals surface area contributed by atoms with E-state index >= 15 is 0 Å². The molecule has 1 amide bonds. The van der Waals surface area contributed by atoms with Gasteiger partial charge in [0.05, 0.1) is 30.6 Å². The monoisotopic (exact) mass is 816 g/mol. The number of phenolic OH excluding ortho intramolecular Hbond substituents is 1. The first kappa shape index (κ1) is 41.0. The van der Waals surface area contributed by atoms with Gasteiger partial charge in [0.15, 0.2) is 5.69 Å². The Balaban J connectivity index is 0.779. The number of halogens is 3. The number of alkyl halides is 3. The number of anilines is 1. The highest BCUT2D eigenvalue weighted by atomic mass is 19.4. The Hall–Kier alpha value is -4.76. The van der Waals surface area contributed by atoms with Gasteiger partial charge in [-0.3, -0.25) is 9.78 Å². The maximum absolute atomic E-state index is 13.1. The van der Waals surface area contributed by atoms with Crippen molar-refractivity contribution in [3.8, 4) is 22.6 Å². The molecule has 2 heterocycles. The summed E-state index contributed by atoms with van der Waals surface area (Å²) in [5.74, 6) is 1.96. The molecule has 1 aliphatic heterocycles. The topological polar surface area (TPSA) is 166 Å². The molecule has 0 spiro atoms. The molecule has 0 bridgehead atoms. The zero-order valence-electron chi connectivity index (χ0n) is 32.9. The lowest BCUT2D eigenvalue weighted by Gasteiger charge is -2.53. The fourth-order valence-electron chi connectivity index (χ4n) is 10.4. The van der Waals surface area contributed by atoms with Crippen LogP contribution in [0.3, 0.4) is 0 Å². The van der Waals surface area contributed by atoms with E-state index in [2.05, 4.69) is 33.6 Å². The van der Waals surface area contributed by atoms with Gasteiger partial charge in [-0.2, -0.15) is 13.2 Å². The number of phenols is 1. The summed E-state index contributed by atoms with van der Waals surface area (Å²) in [5, 5.41) is 49.1. The van der Waals surface area contributed by atoms with Gasteiger partial charge >= 0.3 is 6.18 Å². The molecule has 0 radical (unpaired) electrons. The summed E-state index contributed by atoms with van der Waals surface area (Å²) in [5.41, 5.74) is 2.90. The summed E-state index contributed by atoms with van der Waals surface area (Å²) in [7, 11) is 0. The lowest BCUT2D eigenvalue weighted by molar-refractivity contribution is -0.150. The molecule has 4 aliphatic rings. The van der Waals surface area contributed by atoms with Gasteiger partial charge in [0.25, 0.3) is 5.91 Å². The lowest BCUT2D eigenvalue weighted by Crippen LogP contribution is -2.57. The summed E-state index contributed by atoms with van der Waals surface area (Å²) >= 11 is 0. The SMILES string of the molecule is C[C@]12CC[C@@H]3c4ccc(O)cc4CC[C@H]3[C@@H]1CC[C@@]2(O)CCCNC(=O)c1ccc(-c2ccc(OC[C@H]3OC[C@H](Nc4cncc(C(F)(F)F)n4)[C@@H](O)[C@H]3O)cc2)cc1. The van der Waals surface area contributed by atoms with Crippen LogP contribution in [0.5, 0.6) is 11.5 Å². The van der Waals surface area contributed by atoms with Crippen LogP contribution >= 0.6 is 0 Å². The average Bonchev–Trinajstić information content (AvgIpc) is 3.50. The Morgan fingerprint density at radius 2 is 1.71 bits per heavy atom. The van der Waals surface area contributed by atoms with E-state index in [0.717, 1.165) is 55.8 Å². The highest BCUT2D eigenvalue weighted by Crippen LogP contribution is 2.65. The van der Waals surface area contributed by atoms with E-state index in [1.165, 1.54) is 11.1 Å². The van der Waals surface area contributed by atoms with E-state index in [-0.39, 0.29) is 30.4 Å². The van der Waals surface area contributed by atoms with Crippen LogP contribution in [-0.4, -0.2) is 86.0 Å². The molecular weight excluding hydrogens is 766 g/mol. The van der Waals surface area contributed by atoms with E-state index in [1.54, 1.807) is 24.3 Å². The molecule has 3 fully saturated rings. The molecule has 3 aromatic carbocycles. The van der Waals surface area contributed by atoms with Crippen molar-refractivity contribution in [3.05, 3.63) is 102 Å². The maximum Gasteiger partial charge on any atom is 0.434 e. The molecule has 9 atom stereocenters. The van der Waals surface area contributed by atoms with Crippen molar-refractivity contribution in [3.63, 3.8) is 0 Å². The van der Waals surface area contributed by atoms with Crippen LogP contribution in [0.2, 0.25) is 0 Å². The largest absolute Gasteiger partial charge is 0.508 e. The maximum atomic E-state index is 13.1. The number of carbonyl (C=O) groups is 1. The van der Waals surface area contributed by atoms with Gasteiger partial charge in [-0.15, -0.1) is 0 Å². The number of aryl methyl sites for hydroxylation is 1. The number of hydrogen-bond acceptors (Lipinski definition) is 10. The van der Waals surface area contributed by atoms with Crippen molar-refractivity contribution in [1.82, 2.24) is 15.3 Å². The second-order valence-corrected chi connectivity index (χ2v) is 17.0. The first-order valence-corrected chi connectivity index (χ1v) is 20.5. The van der Waals surface area contributed by atoms with Gasteiger partial charge < -0.3 is 40.5 Å². The third-order valence-corrected chi connectivity index (χ3v) is 13.7. The molecule has 8 rings (SSSR count). The quantitative estimate of drug-likeness (QED) is 0.0904. The fourth-order valence-corrected chi connectivity index (χ4v) is 10.4. The molecular formula is C45H51F3N4O7. The smallest absolute Gasteiger partial charge is 0.434 e. The predicted octanol–water partition coefficient (Wildman–Crippen LogP) is 6.65. The van der Waals surface area contributed by atoms with Gasteiger partial charge in [-0.25, -0.2) is 4.98 Å². The number of amides is 1. The van der Waals surface area contributed by atoms with Crippen LogP contribution in [0.1, 0.15) is 85.0 Å². The Kier molecular flexibility index (Phi) is 11.4.